The Balaban J connectivity index is 1.44. The molecular formula is C18H21N5O3. The monoisotopic (exact) mass is 355 g/mol. The maximum absolute atomic E-state index is 11.1. The van der Waals surface area contributed by atoms with E-state index in [1.165, 1.54) is 0 Å². The van der Waals surface area contributed by atoms with Crippen LogP contribution in [0.4, 0.5) is 0 Å². The summed E-state index contributed by atoms with van der Waals surface area (Å²) in [6, 6.07) is 7.25. The summed E-state index contributed by atoms with van der Waals surface area (Å²) in [5.41, 5.74) is 1.84. The van der Waals surface area contributed by atoms with Crippen molar-refractivity contribution in [3.8, 4) is 0 Å². The summed E-state index contributed by atoms with van der Waals surface area (Å²) in [5.74, 6) is 0.905. The first-order valence-corrected chi connectivity index (χ1v) is 8.78. The first-order chi connectivity index (χ1) is 12.7. The number of nitrogens with zero attached hydrogens (tertiary/aromatic N) is 4. The number of rotatable bonds is 4. The van der Waals surface area contributed by atoms with Crippen LogP contribution in [-0.4, -0.2) is 55.4 Å². The molecule has 2 aromatic heterocycles. The Kier molecular flexibility index (Phi) is 3.79. The summed E-state index contributed by atoms with van der Waals surface area (Å²) in [6.07, 6.45) is 4.10. The lowest BCUT2D eigenvalue weighted by Crippen LogP contribution is -2.57. The summed E-state index contributed by atoms with van der Waals surface area (Å²) in [7, 11) is 1.95. The highest BCUT2D eigenvalue weighted by Gasteiger charge is 2.51. The van der Waals surface area contributed by atoms with E-state index in [1.807, 2.05) is 46.6 Å². The molecular weight excluding hydrogens is 334 g/mol. The first kappa shape index (κ1) is 16.0. The number of hydrogen-bond donors (Lipinski definition) is 2. The van der Waals surface area contributed by atoms with E-state index in [1.54, 1.807) is 12.5 Å². The number of aromatic nitrogens is 4. The minimum absolute atomic E-state index is 0.179. The van der Waals surface area contributed by atoms with E-state index < -0.39 is 12.4 Å². The van der Waals surface area contributed by atoms with Crippen molar-refractivity contribution in [1.29, 1.82) is 0 Å². The molecule has 2 fully saturated rings. The largest absolute Gasteiger partial charge is 0.389 e. The maximum Gasteiger partial charge on any atom is 0.181 e. The van der Waals surface area contributed by atoms with Crippen molar-refractivity contribution in [3.05, 3.63) is 48.8 Å². The summed E-state index contributed by atoms with van der Waals surface area (Å²) >= 11 is 0. The van der Waals surface area contributed by atoms with E-state index in [9.17, 15) is 5.11 Å². The van der Waals surface area contributed by atoms with E-state index in [0.717, 1.165) is 16.9 Å². The molecule has 0 spiro atoms. The third-order valence-corrected chi connectivity index (χ3v) is 5.35. The lowest BCUT2D eigenvalue weighted by molar-refractivity contribution is -0.164. The molecule has 1 aromatic carbocycles. The maximum atomic E-state index is 11.1. The zero-order valence-corrected chi connectivity index (χ0v) is 14.4. The lowest BCUT2D eigenvalue weighted by atomic mass is 9.95. The van der Waals surface area contributed by atoms with Gasteiger partial charge in [-0.25, -0.2) is 9.97 Å². The highest BCUT2D eigenvalue weighted by Crippen LogP contribution is 2.37. The smallest absolute Gasteiger partial charge is 0.181 e. The van der Waals surface area contributed by atoms with Gasteiger partial charge >= 0.3 is 0 Å². The zero-order chi connectivity index (χ0) is 17.7. The minimum atomic E-state index is -0.667. The van der Waals surface area contributed by atoms with Crippen LogP contribution in [0.25, 0.3) is 11.0 Å². The number of benzene rings is 1. The first-order valence-electron chi connectivity index (χ1n) is 8.78. The molecule has 5 unspecified atom stereocenters. The summed E-state index contributed by atoms with van der Waals surface area (Å²) in [6.45, 7) is 1.01. The molecule has 136 valence electrons. The Hall–Kier alpha value is -2.26. The molecule has 2 bridgehead atoms. The van der Waals surface area contributed by atoms with E-state index in [2.05, 4.69) is 15.3 Å². The number of aryl methyl sites for hydroxylation is 1. The van der Waals surface area contributed by atoms with Crippen LogP contribution in [0.1, 0.15) is 11.9 Å². The molecule has 0 radical (unpaired) electrons. The third kappa shape index (κ3) is 2.45. The van der Waals surface area contributed by atoms with Gasteiger partial charge in [-0.1, -0.05) is 12.1 Å². The van der Waals surface area contributed by atoms with Crippen molar-refractivity contribution in [2.75, 3.05) is 6.61 Å². The molecule has 0 saturated carbocycles. The van der Waals surface area contributed by atoms with E-state index in [4.69, 9.17) is 9.47 Å². The Morgan fingerprint density at radius 1 is 1.31 bits per heavy atom. The van der Waals surface area contributed by atoms with Gasteiger partial charge in [-0.15, -0.1) is 0 Å². The number of hydrogen-bond acceptors (Lipinski definition) is 6. The van der Waals surface area contributed by atoms with Gasteiger partial charge < -0.3 is 29.0 Å². The fraction of sp³-hybridized carbons (Fsp3) is 0.444. The van der Waals surface area contributed by atoms with Gasteiger partial charge in [0.1, 0.15) is 18.0 Å². The number of para-hydroxylation sites is 2. The van der Waals surface area contributed by atoms with Crippen molar-refractivity contribution < 1.29 is 14.6 Å². The molecule has 2 aliphatic rings. The van der Waals surface area contributed by atoms with E-state index >= 15 is 0 Å². The quantitative estimate of drug-likeness (QED) is 0.712. The van der Waals surface area contributed by atoms with Crippen molar-refractivity contribution in [2.45, 2.75) is 37.1 Å². The second kappa shape index (κ2) is 6.17. The molecule has 0 aliphatic carbocycles. The van der Waals surface area contributed by atoms with Gasteiger partial charge in [0.15, 0.2) is 6.29 Å². The Labute approximate surface area is 150 Å². The van der Waals surface area contributed by atoms with Gasteiger partial charge in [-0.05, 0) is 12.1 Å². The van der Waals surface area contributed by atoms with Crippen LogP contribution in [0.15, 0.2) is 43.0 Å². The van der Waals surface area contributed by atoms with Crippen molar-refractivity contribution in [2.24, 2.45) is 7.05 Å². The molecule has 2 N–H and O–H groups in total. The molecule has 5 atom stereocenters. The van der Waals surface area contributed by atoms with Crippen molar-refractivity contribution in [3.63, 3.8) is 0 Å². The summed E-state index contributed by atoms with van der Waals surface area (Å²) < 4.78 is 15.8. The molecule has 2 saturated heterocycles. The number of fused-ring (bicyclic) bond motifs is 3. The van der Waals surface area contributed by atoms with Gasteiger partial charge in [0.05, 0.1) is 42.7 Å². The van der Waals surface area contributed by atoms with E-state index in [-0.39, 0.29) is 18.2 Å². The van der Waals surface area contributed by atoms with Gasteiger partial charge in [-0.3, -0.25) is 0 Å². The fourth-order valence-electron chi connectivity index (χ4n) is 3.94. The van der Waals surface area contributed by atoms with Crippen LogP contribution in [0, 0.1) is 0 Å². The third-order valence-electron chi connectivity index (χ3n) is 5.35. The SMILES string of the molecule is Cn1ccnc1CNC1C2COC(O2)C(n2cnc3ccccc32)C1O. The Bertz CT molecular complexity index is 922. The molecule has 4 heterocycles. The van der Waals surface area contributed by atoms with Crippen LogP contribution >= 0.6 is 0 Å². The Morgan fingerprint density at radius 2 is 2.19 bits per heavy atom. The van der Waals surface area contributed by atoms with Crippen LogP contribution in [0.3, 0.4) is 0 Å². The van der Waals surface area contributed by atoms with Crippen molar-refractivity contribution >= 4 is 11.0 Å². The zero-order valence-electron chi connectivity index (χ0n) is 14.4. The van der Waals surface area contributed by atoms with Crippen LogP contribution in [0.5, 0.6) is 0 Å². The molecule has 5 rings (SSSR count). The number of imidazole rings is 2. The number of aliphatic hydroxyl groups excluding tert-OH is 1. The second-order valence-corrected chi connectivity index (χ2v) is 6.86. The van der Waals surface area contributed by atoms with Crippen LogP contribution in [-0.2, 0) is 23.1 Å². The molecule has 0 amide bonds. The average Bonchev–Trinajstić information content (AvgIpc) is 3.36. The number of aliphatic hydroxyl groups is 1. The number of ether oxygens (including phenoxy) is 2. The molecule has 26 heavy (non-hydrogen) atoms. The molecule has 8 heteroatoms. The summed E-state index contributed by atoms with van der Waals surface area (Å²) in [5, 5.41) is 14.6. The minimum Gasteiger partial charge on any atom is -0.389 e. The van der Waals surface area contributed by atoms with Gasteiger partial charge in [0.25, 0.3) is 0 Å². The predicted molar refractivity (Wildman–Crippen MR) is 93.2 cm³/mol. The second-order valence-electron chi connectivity index (χ2n) is 6.86. The van der Waals surface area contributed by atoms with Crippen LogP contribution in [0.2, 0.25) is 0 Å². The van der Waals surface area contributed by atoms with Gasteiger partial charge in [0.2, 0.25) is 0 Å². The standard InChI is InChI=1S/C18H21N5O3/c1-22-7-6-19-14(22)8-20-15-13-9-25-18(26-13)16(17(15)24)23-10-21-11-4-2-3-5-12(11)23/h2-7,10,13,15-18,20,24H,8-9H2,1H3. The topological polar surface area (TPSA) is 86.4 Å². The van der Waals surface area contributed by atoms with Gasteiger partial charge in [0, 0.05) is 19.4 Å². The fourth-order valence-corrected chi connectivity index (χ4v) is 3.94. The Morgan fingerprint density at radius 3 is 3.04 bits per heavy atom. The highest BCUT2D eigenvalue weighted by molar-refractivity contribution is 5.75. The normalized spacial score (nSPS) is 30.9. The van der Waals surface area contributed by atoms with Gasteiger partial charge in [-0.2, -0.15) is 0 Å². The van der Waals surface area contributed by atoms with Crippen molar-refractivity contribution in [1.82, 2.24) is 24.4 Å². The average molecular weight is 355 g/mol. The summed E-state index contributed by atoms with van der Waals surface area (Å²) in [4.78, 5) is 8.77. The van der Waals surface area contributed by atoms with E-state index in [0.29, 0.717) is 13.2 Å². The predicted octanol–water partition coefficient (Wildman–Crippen LogP) is 0.585. The highest BCUT2D eigenvalue weighted by atomic mass is 16.7. The number of nitrogens with one attached hydrogen (secondary N) is 1. The lowest BCUT2D eigenvalue weighted by Gasteiger charge is -2.39. The molecule has 3 aromatic rings. The molecule has 8 nitrogen and oxygen atoms in total. The van der Waals surface area contributed by atoms with Crippen LogP contribution < -0.4 is 5.32 Å². The molecule has 2 aliphatic heterocycles.